The summed E-state index contributed by atoms with van der Waals surface area (Å²) in [5.74, 6) is -0.571. The number of hydrogen-bond donors (Lipinski definition) is 1. The molecular weight excluding hydrogens is 286 g/mol. The number of benzene rings is 1. The molecule has 1 aromatic rings. The van der Waals surface area contributed by atoms with Gasteiger partial charge in [0.2, 0.25) is 0 Å². The van der Waals surface area contributed by atoms with Crippen molar-refractivity contribution in [3.05, 3.63) is 29.8 Å². The van der Waals surface area contributed by atoms with Gasteiger partial charge in [-0.05, 0) is 18.6 Å². The van der Waals surface area contributed by atoms with Crippen molar-refractivity contribution in [3.63, 3.8) is 0 Å². The molecular formula is C16H23NO5. The van der Waals surface area contributed by atoms with Crippen LogP contribution in [0, 0.1) is 5.92 Å². The summed E-state index contributed by atoms with van der Waals surface area (Å²) in [5.41, 5.74) is 0.431. The predicted molar refractivity (Wildman–Crippen MR) is 81.8 cm³/mol. The minimum absolute atomic E-state index is 0.0255. The molecule has 0 saturated carbocycles. The Labute approximate surface area is 130 Å². The fraction of sp³-hybridized carbons (Fsp3) is 0.500. The first-order valence-electron chi connectivity index (χ1n) is 7.16. The fourth-order valence-corrected chi connectivity index (χ4v) is 2.14. The van der Waals surface area contributed by atoms with Gasteiger partial charge in [0, 0.05) is 19.7 Å². The van der Waals surface area contributed by atoms with E-state index in [0.29, 0.717) is 24.3 Å². The Balaban J connectivity index is 2.95. The lowest BCUT2D eigenvalue weighted by atomic mass is 10.1. The summed E-state index contributed by atoms with van der Waals surface area (Å²) in [7, 11) is 2.82. The highest BCUT2D eigenvalue weighted by atomic mass is 16.5. The molecule has 1 rings (SSSR count). The van der Waals surface area contributed by atoms with E-state index < -0.39 is 5.92 Å². The van der Waals surface area contributed by atoms with Crippen molar-refractivity contribution in [2.45, 2.75) is 13.3 Å². The maximum absolute atomic E-state index is 12.7. The molecule has 0 heterocycles. The minimum Gasteiger partial charge on any atom is -0.496 e. The first kappa shape index (κ1) is 18.0. The van der Waals surface area contributed by atoms with Gasteiger partial charge in [-0.3, -0.25) is 9.59 Å². The van der Waals surface area contributed by atoms with Crippen LogP contribution >= 0.6 is 0 Å². The van der Waals surface area contributed by atoms with E-state index in [1.807, 2.05) is 0 Å². The van der Waals surface area contributed by atoms with Crippen LogP contribution < -0.4 is 4.74 Å². The number of nitrogens with zero attached hydrogens (tertiary/aromatic N) is 1. The zero-order chi connectivity index (χ0) is 16.5. The number of carbonyl (C=O) groups is 2. The third-order valence-electron chi connectivity index (χ3n) is 3.31. The number of hydrogen-bond acceptors (Lipinski definition) is 5. The number of para-hydroxylation sites is 1. The second-order valence-corrected chi connectivity index (χ2v) is 4.95. The lowest BCUT2D eigenvalue weighted by molar-refractivity contribution is -0.145. The molecule has 6 nitrogen and oxygen atoms in total. The highest BCUT2D eigenvalue weighted by molar-refractivity contribution is 5.97. The second-order valence-electron chi connectivity index (χ2n) is 4.95. The van der Waals surface area contributed by atoms with Crippen LogP contribution in [0.1, 0.15) is 23.7 Å². The molecule has 1 aromatic carbocycles. The van der Waals surface area contributed by atoms with E-state index in [0.717, 1.165) is 0 Å². The molecule has 1 unspecified atom stereocenters. The van der Waals surface area contributed by atoms with E-state index in [-0.39, 0.29) is 25.0 Å². The predicted octanol–water partition coefficient (Wildman–Crippen LogP) is 1.33. The van der Waals surface area contributed by atoms with E-state index in [1.165, 1.54) is 19.1 Å². The van der Waals surface area contributed by atoms with Gasteiger partial charge in [-0.2, -0.15) is 0 Å². The van der Waals surface area contributed by atoms with Gasteiger partial charge in [0.15, 0.2) is 0 Å². The Kier molecular flexibility index (Phi) is 7.39. The van der Waals surface area contributed by atoms with Gasteiger partial charge < -0.3 is 19.5 Å². The van der Waals surface area contributed by atoms with Crippen molar-refractivity contribution in [3.8, 4) is 5.75 Å². The van der Waals surface area contributed by atoms with Gasteiger partial charge in [0.05, 0.1) is 25.7 Å². The zero-order valence-electron chi connectivity index (χ0n) is 13.2. The summed E-state index contributed by atoms with van der Waals surface area (Å²) < 4.78 is 9.90. The SMILES string of the molecule is COC(=O)C(C)CN(CCCO)C(=O)c1ccccc1OC. The van der Waals surface area contributed by atoms with Crippen molar-refractivity contribution in [2.75, 3.05) is 33.9 Å². The summed E-state index contributed by atoms with van der Waals surface area (Å²) in [6, 6.07) is 6.92. The fourth-order valence-electron chi connectivity index (χ4n) is 2.14. The molecule has 6 heteroatoms. The van der Waals surface area contributed by atoms with Gasteiger partial charge in [-0.25, -0.2) is 0 Å². The van der Waals surface area contributed by atoms with Crippen LogP contribution in [-0.2, 0) is 9.53 Å². The molecule has 122 valence electrons. The third kappa shape index (κ3) is 4.73. The third-order valence-corrected chi connectivity index (χ3v) is 3.31. The molecule has 1 amide bonds. The molecule has 0 radical (unpaired) electrons. The van der Waals surface area contributed by atoms with Gasteiger partial charge in [-0.1, -0.05) is 19.1 Å². The van der Waals surface area contributed by atoms with Crippen LogP contribution in [0.15, 0.2) is 24.3 Å². The average molecular weight is 309 g/mol. The van der Waals surface area contributed by atoms with Crippen LogP contribution in [0.5, 0.6) is 5.75 Å². The first-order chi connectivity index (χ1) is 10.5. The maximum Gasteiger partial charge on any atom is 0.310 e. The van der Waals surface area contributed by atoms with Crippen molar-refractivity contribution in [2.24, 2.45) is 5.92 Å². The highest BCUT2D eigenvalue weighted by Gasteiger charge is 2.24. The molecule has 0 aliphatic rings. The molecule has 0 aromatic heterocycles. The minimum atomic E-state index is -0.442. The van der Waals surface area contributed by atoms with Crippen LogP contribution in [0.2, 0.25) is 0 Å². The topological polar surface area (TPSA) is 76.1 Å². The number of methoxy groups -OCH3 is 2. The van der Waals surface area contributed by atoms with E-state index in [2.05, 4.69) is 0 Å². The Morgan fingerprint density at radius 1 is 1.27 bits per heavy atom. The summed E-state index contributed by atoms with van der Waals surface area (Å²) in [6.45, 7) is 2.26. The van der Waals surface area contributed by atoms with Gasteiger partial charge >= 0.3 is 5.97 Å². The normalized spacial score (nSPS) is 11.6. The van der Waals surface area contributed by atoms with Crippen molar-refractivity contribution in [1.82, 2.24) is 4.90 Å². The van der Waals surface area contributed by atoms with E-state index >= 15 is 0 Å². The van der Waals surface area contributed by atoms with Gasteiger partial charge in [0.1, 0.15) is 5.75 Å². The molecule has 0 spiro atoms. The number of amides is 1. The molecule has 1 N–H and O–H groups in total. The number of aliphatic hydroxyl groups is 1. The standard InChI is InChI=1S/C16H23NO5/c1-12(16(20)22-3)11-17(9-6-10-18)15(19)13-7-4-5-8-14(13)21-2/h4-5,7-8,12,18H,6,9-11H2,1-3H3. The van der Waals surface area contributed by atoms with Crippen molar-refractivity contribution < 1.29 is 24.2 Å². The number of carbonyl (C=O) groups excluding carboxylic acids is 2. The molecule has 0 saturated heterocycles. The Bertz CT molecular complexity index is 503. The zero-order valence-corrected chi connectivity index (χ0v) is 13.2. The molecule has 22 heavy (non-hydrogen) atoms. The smallest absolute Gasteiger partial charge is 0.310 e. The van der Waals surface area contributed by atoms with Gasteiger partial charge in [-0.15, -0.1) is 0 Å². The van der Waals surface area contributed by atoms with Gasteiger partial charge in [0.25, 0.3) is 5.91 Å². The Hall–Kier alpha value is -2.08. The average Bonchev–Trinajstić information content (AvgIpc) is 2.56. The quantitative estimate of drug-likeness (QED) is 0.733. The maximum atomic E-state index is 12.7. The molecule has 0 aliphatic carbocycles. The molecule has 0 bridgehead atoms. The molecule has 0 fully saturated rings. The van der Waals surface area contributed by atoms with E-state index in [9.17, 15) is 9.59 Å². The summed E-state index contributed by atoms with van der Waals surface area (Å²) in [4.78, 5) is 25.8. The molecule has 1 atom stereocenters. The van der Waals surface area contributed by atoms with Crippen molar-refractivity contribution in [1.29, 1.82) is 0 Å². The lowest BCUT2D eigenvalue weighted by Gasteiger charge is -2.25. The number of rotatable bonds is 8. The van der Waals surface area contributed by atoms with Crippen LogP contribution in [-0.4, -0.2) is 55.8 Å². The summed E-state index contributed by atoms with van der Waals surface area (Å²) in [5, 5.41) is 9.00. The lowest BCUT2D eigenvalue weighted by Crippen LogP contribution is -2.38. The van der Waals surface area contributed by atoms with E-state index in [1.54, 1.807) is 31.2 Å². The van der Waals surface area contributed by atoms with Crippen molar-refractivity contribution >= 4 is 11.9 Å². The van der Waals surface area contributed by atoms with Crippen LogP contribution in [0.25, 0.3) is 0 Å². The van der Waals surface area contributed by atoms with Crippen LogP contribution in [0.3, 0.4) is 0 Å². The van der Waals surface area contributed by atoms with E-state index in [4.69, 9.17) is 14.6 Å². The first-order valence-corrected chi connectivity index (χ1v) is 7.16. The summed E-state index contributed by atoms with van der Waals surface area (Å²) in [6.07, 6.45) is 0.439. The Morgan fingerprint density at radius 2 is 1.95 bits per heavy atom. The number of esters is 1. The molecule has 0 aliphatic heterocycles. The number of ether oxygens (including phenoxy) is 2. The Morgan fingerprint density at radius 3 is 2.55 bits per heavy atom. The largest absolute Gasteiger partial charge is 0.496 e. The second kappa shape index (κ2) is 9.04. The highest BCUT2D eigenvalue weighted by Crippen LogP contribution is 2.20. The summed E-state index contributed by atoms with van der Waals surface area (Å²) >= 11 is 0. The van der Waals surface area contributed by atoms with Crippen LogP contribution in [0.4, 0.5) is 0 Å². The monoisotopic (exact) mass is 309 g/mol. The number of aliphatic hydroxyl groups excluding tert-OH is 1.